The van der Waals surface area contributed by atoms with E-state index in [0.29, 0.717) is 24.6 Å². The van der Waals surface area contributed by atoms with Crippen molar-refractivity contribution in [3.05, 3.63) is 47.5 Å². The molecule has 2 aromatic carbocycles. The molecule has 1 fully saturated rings. The van der Waals surface area contributed by atoms with Crippen LogP contribution in [0.3, 0.4) is 0 Å². The highest BCUT2D eigenvalue weighted by Gasteiger charge is 2.29. The van der Waals surface area contributed by atoms with Crippen molar-refractivity contribution >= 4 is 11.8 Å². The van der Waals surface area contributed by atoms with Gasteiger partial charge in [0.2, 0.25) is 25.4 Å². The van der Waals surface area contributed by atoms with Gasteiger partial charge >= 0.3 is 0 Å². The second-order valence-electron chi connectivity index (χ2n) is 9.23. The van der Waals surface area contributed by atoms with E-state index in [1.54, 1.807) is 0 Å². The molecule has 2 amide bonds. The molecule has 5 rings (SSSR count). The van der Waals surface area contributed by atoms with Crippen LogP contribution in [0.5, 0.6) is 23.0 Å². The van der Waals surface area contributed by atoms with Crippen LogP contribution in [-0.2, 0) is 22.7 Å². The Balaban J connectivity index is 1.04. The summed E-state index contributed by atoms with van der Waals surface area (Å²) < 4.78 is 21.5. The third kappa shape index (κ3) is 5.34. The van der Waals surface area contributed by atoms with Crippen LogP contribution in [0, 0.1) is 0 Å². The van der Waals surface area contributed by atoms with E-state index in [9.17, 15) is 9.59 Å². The van der Waals surface area contributed by atoms with Gasteiger partial charge in [-0.25, -0.2) is 0 Å². The number of carbonyl (C=O) groups excluding carboxylic acids is 2. The summed E-state index contributed by atoms with van der Waals surface area (Å²) in [6, 6.07) is 10.9. The van der Waals surface area contributed by atoms with E-state index < -0.39 is 0 Å². The van der Waals surface area contributed by atoms with Crippen LogP contribution in [-0.4, -0.2) is 73.5 Å². The van der Waals surface area contributed by atoms with Gasteiger partial charge in [-0.05, 0) is 49.2 Å². The zero-order valence-electron chi connectivity index (χ0n) is 20.6. The van der Waals surface area contributed by atoms with Gasteiger partial charge in [0.1, 0.15) is 0 Å². The molecule has 2 aromatic rings. The second-order valence-corrected chi connectivity index (χ2v) is 9.23. The summed E-state index contributed by atoms with van der Waals surface area (Å²) in [6.45, 7) is 8.05. The van der Waals surface area contributed by atoms with Crippen molar-refractivity contribution in [2.24, 2.45) is 0 Å². The number of amides is 2. The maximum absolute atomic E-state index is 12.8. The second kappa shape index (κ2) is 10.6. The maximum atomic E-state index is 12.8. The first-order valence-electron chi connectivity index (χ1n) is 12.3. The smallest absolute Gasteiger partial charge is 0.237 e. The first kappa shape index (κ1) is 24.2. The number of rotatable bonds is 8. The number of nitrogens with zero attached hydrogens (tertiary/aromatic N) is 2. The molecule has 1 saturated heterocycles. The lowest BCUT2D eigenvalue weighted by molar-refractivity contribution is -0.130. The monoisotopic (exact) mass is 496 g/mol. The first-order valence-corrected chi connectivity index (χ1v) is 12.3. The number of nitrogens with one attached hydrogen (secondary N) is 2. The number of piperazine rings is 1. The average molecular weight is 497 g/mol. The number of hydrogen-bond donors (Lipinski definition) is 2. The van der Waals surface area contributed by atoms with E-state index in [0.717, 1.165) is 48.8 Å². The van der Waals surface area contributed by atoms with Gasteiger partial charge in [-0.2, -0.15) is 0 Å². The van der Waals surface area contributed by atoms with Gasteiger partial charge in [0.25, 0.3) is 0 Å². The van der Waals surface area contributed by atoms with Gasteiger partial charge < -0.3 is 29.6 Å². The molecule has 3 aliphatic heterocycles. The molecule has 2 N–H and O–H groups in total. The molecule has 0 bridgehead atoms. The first-order chi connectivity index (χ1) is 17.5. The molecule has 36 heavy (non-hydrogen) atoms. The lowest BCUT2D eigenvalue weighted by Gasteiger charge is -2.39. The molecular weight excluding hydrogens is 464 g/mol. The highest BCUT2D eigenvalue weighted by molar-refractivity contribution is 5.82. The zero-order valence-corrected chi connectivity index (χ0v) is 20.6. The van der Waals surface area contributed by atoms with Crippen LogP contribution in [0.1, 0.15) is 25.0 Å². The number of carbonyl (C=O) groups is 2. The van der Waals surface area contributed by atoms with Crippen LogP contribution < -0.4 is 29.6 Å². The van der Waals surface area contributed by atoms with E-state index in [1.165, 1.54) is 0 Å². The molecule has 0 spiro atoms. The summed E-state index contributed by atoms with van der Waals surface area (Å²) in [5, 5.41) is 6.03. The Morgan fingerprint density at radius 1 is 0.694 bits per heavy atom. The van der Waals surface area contributed by atoms with Crippen molar-refractivity contribution in [2.75, 3.05) is 39.8 Å². The van der Waals surface area contributed by atoms with E-state index in [1.807, 2.05) is 50.2 Å². The Labute approximate surface area is 210 Å². The molecule has 192 valence electrons. The van der Waals surface area contributed by atoms with Gasteiger partial charge in [-0.15, -0.1) is 0 Å². The third-order valence-electron chi connectivity index (χ3n) is 7.01. The lowest BCUT2D eigenvalue weighted by Crippen LogP contribution is -2.57. The summed E-state index contributed by atoms with van der Waals surface area (Å²) in [6.07, 6.45) is 0. The van der Waals surface area contributed by atoms with Crippen LogP contribution in [0.15, 0.2) is 36.4 Å². The summed E-state index contributed by atoms with van der Waals surface area (Å²) in [5.41, 5.74) is 1.93. The predicted molar refractivity (Wildman–Crippen MR) is 131 cm³/mol. The maximum Gasteiger partial charge on any atom is 0.237 e. The van der Waals surface area contributed by atoms with Crippen LogP contribution >= 0.6 is 0 Å². The molecule has 0 unspecified atom stereocenters. The minimum atomic E-state index is -0.253. The van der Waals surface area contributed by atoms with Crippen molar-refractivity contribution < 1.29 is 28.5 Å². The zero-order chi connectivity index (χ0) is 25.1. The molecule has 3 heterocycles. The van der Waals surface area contributed by atoms with Gasteiger partial charge in [-0.1, -0.05) is 12.1 Å². The van der Waals surface area contributed by atoms with Gasteiger partial charge in [-0.3, -0.25) is 19.4 Å². The number of ether oxygens (including phenoxy) is 4. The quantitative estimate of drug-likeness (QED) is 0.567. The number of benzene rings is 2. The van der Waals surface area contributed by atoms with Crippen molar-refractivity contribution in [1.82, 2.24) is 20.4 Å². The molecule has 0 radical (unpaired) electrons. The Kier molecular flexibility index (Phi) is 7.15. The molecule has 3 aliphatic rings. The summed E-state index contributed by atoms with van der Waals surface area (Å²) in [5.74, 6) is 2.84. The Hall–Kier alpha value is -3.50. The molecule has 10 heteroatoms. The molecule has 0 aliphatic carbocycles. The minimum Gasteiger partial charge on any atom is -0.454 e. The SMILES string of the molecule is C[C@H](C(=O)NCc1ccc2c(c1)OCO2)N1CCN([C@H](C)C(=O)NCc2ccc3c(c2)OCO3)CC1. The minimum absolute atomic E-state index is 0.0179. The third-order valence-corrected chi connectivity index (χ3v) is 7.01. The fraction of sp³-hybridized carbons (Fsp3) is 0.462. The highest BCUT2D eigenvalue weighted by Crippen LogP contribution is 2.33. The molecule has 0 saturated carbocycles. The van der Waals surface area contributed by atoms with Crippen LogP contribution in [0.25, 0.3) is 0 Å². The summed E-state index contributed by atoms with van der Waals surface area (Å²) >= 11 is 0. The van der Waals surface area contributed by atoms with Crippen LogP contribution in [0.4, 0.5) is 0 Å². The van der Waals surface area contributed by atoms with Crippen LogP contribution in [0.2, 0.25) is 0 Å². The van der Waals surface area contributed by atoms with Crippen molar-refractivity contribution in [3.63, 3.8) is 0 Å². The number of fused-ring (bicyclic) bond motifs is 2. The Bertz CT molecular complexity index is 1030. The van der Waals surface area contributed by atoms with Gasteiger partial charge in [0.15, 0.2) is 23.0 Å². The van der Waals surface area contributed by atoms with Crippen molar-refractivity contribution in [2.45, 2.75) is 39.0 Å². The van der Waals surface area contributed by atoms with E-state index in [4.69, 9.17) is 18.9 Å². The standard InChI is InChI=1S/C26H32N4O6/c1-17(25(31)27-13-19-3-5-21-23(11-19)35-15-33-21)29-7-9-30(10-8-29)18(2)26(32)28-14-20-4-6-22-24(12-20)36-16-34-22/h3-6,11-12,17-18H,7-10,13-16H2,1-2H3,(H,27,31)(H,28,32)/t17-,18-/m1/s1. The fourth-order valence-electron chi connectivity index (χ4n) is 4.62. The number of hydrogen-bond acceptors (Lipinski definition) is 8. The van der Waals surface area contributed by atoms with Crippen molar-refractivity contribution in [1.29, 1.82) is 0 Å². The molecule has 10 nitrogen and oxygen atoms in total. The topological polar surface area (TPSA) is 102 Å². The average Bonchev–Trinajstić information content (AvgIpc) is 3.58. The largest absolute Gasteiger partial charge is 0.454 e. The Morgan fingerprint density at radius 3 is 1.50 bits per heavy atom. The molecular formula is C26H32N4O6. The normalized spacial score (nSPS) is 18.5. The lowest BCUT2D eigenvalue weighted by atomic mass is 10.1. The molecule has 2 atom stereocenters. The van der Waals surface area contributed by atoms with Gasteiger partial charge in [0, 0.05) is 39.3 Å². The van der Waals surface area contributed by atoms with E-state index >= 15 is 0 Å². The summed E-state index contributed by atoms with van der Waals surface area (Å²) in [7, 11) is 0. The predicted octanol–water partition coefficient (Wildman–Crippen LogP) is 1.47. The highest BCUT2D eigenvalue weighted by atomic mass is 16.7. The summed E-state index contributed by atoms with van der Waals surface area (Å²) in [4.78, 5) is 29.8. The van der Waals surface area contributed by atoms with Crippen molar-refractivity contribution in [3.8, 4) is 23.0 Å². The Morgan fingerprint density at radius 2 is 1.08 bits per heavy atom. The van der Waals surface area contributed by atoms with E-state index in [2.05, 4.69) is 20.4 Å². The van der Waals surface area contributed by atoms with E-state index in [-0.39, 0.29) is 37.5 Å². The van der Waals surface area contributed by atoms with Gasteiger partial charge in [0.05, 0.1) is 12.1 Å². The molecule has 0 aromatic heterocycles. The fourth-order valence-corrected chi connectivity index (χ4v) is 4.62.